The van der Waals surface area contributed by atoms with Crippen LogP contribution in [0.25, 0.3) is 0 Å². The first-order valence-corrected chi connectivity index (χ1v) is 3.34. The molecule has 0 rings (SSSR count). The summed E-state index contributed by atoms with van der Waals surface area (Å²) in [6.07, 6.45) is 0.434. The third kappa shape index (κ3) is 3.58. The summed E-state index contributed by atoms with van der Waals surface area (Å²) < 4.78 is 0. The molecule has 0 spiro atoms. The van der Waals surface area contributed by atoms with Crippen molar-refractivity contribution in [2.24, 2.45) is 0 Å². The van der Waals surface area contributed by atoms with Gasteiger partial charge in [-0.05, 0) is 21.0 Å². The summed E-state index contributed by atoms with van der Waals surface area (Å²) in [5, 5.41) is 8.75. The van der Waals surface area contributed by atoms with E-state index >= 15 is 0 Å². The number of aliphatic hydroxyl groups is 1. The molecule has 0 bridgehead atoms. The number of carbonyl (C=O) groups excluding carboxylic acids is 1. The van der Waals surface area contributed by atoms with Gasteiger partial charge in [0.25, 0.3) is 0 Å². The van der Waals surface area contributed by atoms with E-state index in [-0.39, 0.29) is 18.4 Å². The third-order valence-electron chi connectivity index (χ3n) is 1.46. The van der Waals surface area contributed by atoms with Crippen LogP contribution < -0.4 is 0 Å². The smallest absolute Gasteiger partial charge is 0.131 e. The summed E-state index contributed by atoms with van der Waals surface area (Å²) >= 11 is 0. The van der Waals surface area contributed by atoms with Crippen molar-refractivity contribution >= 4 is 5.78 Å². The number of nitrogens with zero attached hydrogens (tertiary/aromatic N) is 1. The van der Waals surface area contributed by atoms with Crippen molar-refractivity contribution in [2.75, 3.05) is 20.7 Å². The average Bonchev–Trinajstić information content (AvgIpc) is 1.81. The maximum Gasteiger partial charge on any atom is 0.131 e. The van der Waals surface area contributed by atoms with Gasteiger partial charge in [-0.2, -0.15) is 0 Å². The lowest BCUT2D eigenvalue weighted by molar-refractivity contribution is -0.118. The fourth-order valence-electron chi connectivity index (χ4n) is 0.742. The Morgan fingerprint density at radius 2 is 2.10 bits per heavy atom. The molecule has 0 aliphatic carbocycles. The molecule has 1 N–H and O–H groups in total. The minimum absolute atomic E-state index is 0.0162. The normalized spacial score (nSPS) is 13.7. The Morgan fingerprint density at radius 1 is 1.60 bits per heavy atom. The summed E-state index contributed by atoms with van der Waals surface area (Å²) in [7, 11) is 3.70. The zero-order valence-corrected chi connectivity index (χ0v) is 6.79. The molecule has 0 saturated heterocycles. The molecule has 0 aromatic rings. The molecule has 0 heterocycles. The zero-order chi connectivity index (χ0) is 8.15. The minimum atomic E-state index is -0.0162. The van der Waals surface area contributed by atoms with Crippen molar-refractivity contribution in [1.82, 2.24) is 4.90 Å². The van der Waals surface area contributed by atoms with E-state index in [1.54, 1.807) is 0 Å². The Hall–Kier alpha value is -0.410. The molecule has 0 aromatic carbocycles. The highest BCUT2D eigenvalue weighted by molar-refractivity contribution is 5.76. The van der Waals surface area contributed by atoms with Gasteiger partial charge >= 0.3 is 0 Å². The lowest BCUT2D eigenvalue weighted by atomic mass is 10.1. The predicted molar refractivity (Wildman–Crippen MR) is 39.9 cm³/mol. The van der Waals surface area contributed by atoms with E-state index in [0.717, 1.165) is 0 Å². The van der Waals surface area contributed by atoms with E-state index < -0.39 is 0 Å². The number of hydrogen-bond acceptors (Lipinski definition) is 3. The van der Waals surface area contributed by atoms with Gasteiger partial charge in [-0.15, -0.1) is 0 Å². The number of ketones is 1. The first-order chi connectivity index (χ1) is 4.57. The first kappa shape index (κ1) is 9.59. The Labute approximate surface area is 61.6 Å². The van der Waals surface area contributed by atoms with Crippen LogP contribution >= 0.6 is 0 Å². The topological polar surface area (TPSA) is 40.5 Å². The van der Waals surface area contributed by atoms with Crippen molar-refractivity contribution in [3.05, 3.63) is 0 Å². The first-order valence-electron chi connectivity index (χ1n) is 3.34. The van der Waals surface area contributed by atoms with E-state index in [9.17, 15) is 4.79 Å². The van der Waals surface area contributed by atoms with Crippen LogP contribution in [0.3, 0.4) is 0 Å². The second-order valence-corrected chi connectivity index (χ2v) is 2.71. The van der Waals surface area contributed by atoms with Crippen LogP contribution in [0.4, 0.5) is 0 Å². The maximum absolute atomic E-state index is 10.6. The summed E-state index contributed by atoms with van der Waals surface area (Å²) in [6.45, 7) is 1.58. The molecular weight excluding hydrogens is 130 g/mol. The molecule has 0 aliphatic heterocycles. The van der Waals surface area contributed by atoms with Crippen LogP contribution in [-0.2, 0) is 4.79 Å². The highest BCUT2D eigenvalue weighted by Gasteiger charge is 2.11. The number of likely N-dealkylation sites (N-methyl/N-ethyl adjacent to an activating group) is 1. The lowest BCUT2D eigenvalue weighted by Crippen LogP contribution is -2.32. The van der Waals surface area contributed by atoms with Crippen LogP contribution in [0.5, 0.6) is 0 Å². The number of hydrogen-bond donors (Lipinski definition) is 1. The molecule has 0 aromatic heterocycles. The number of carbonyl (C=O) groups is 1. The monoisotopic (exact) mass is 145 g/mol. The van der Waals surface area contributed by atoms with Gasteiger partial charge in [0, 0.05) is 12.5 Å². The van der Waals surface area contributed by atoms with Gasteiger partial charge in [0.15, 0.2) is 0 Å². The van der Waals surface area contributed by atoms with E-state index in [1.807, 2.05) is 19.0 Å². The van der Waals surface area contributed by atoms with Gasteiger partial charge in [-0.25, -0.2) is 0 Å². The van der Waals surface area contributed by atoms with Crippen LogP contribution in [0.1, 0.15) is 13.3 Å². The molecule has 0 saturated carbocycles. The van der Waals surface area contributed by atoms with Gasteiger partial charge in [0.1, 0.15) is 5.78 Å². The highest BCUT2D eigenvalue weighted by atomic mass is 16.3. The second-order valence-electron chi connectivity index (χ2n) is 2.71. The van der Waals surface area contributed by atoms with Gasteiger partial charge < -0.3 is 10.0 Å². The van der Waals surface area contributed by atoms with Gasteiger partial charge in [-0.1, -0.05) is 0 Å². The Morgan fingerprint density at radius 3 is 2.20 bits per heavy atom. The average molecular weight is 145 g/mol. The van der Waals surface area contributed by atoms with Crippen LogP contribution in [0.2, 0.25) is 0 Å². The van der Waals surface area contributed by atoms with Crippen molar-refractivity contribution < 1.29 is 9.90 Å². The van der Waals surface area contributed by atoms with Crippen LogP contribution in [-0.4, -0.2) is 42.5 Å². The van der Waals surface area contributed by atoms with Crippen molar-refractivity contribution in [1.29, 1.82) is 0 Å². The van der Waals surface area contributed by atoms with Gasteiger partial charge in [0.05, 0.1) is 6.61 Å². The quantitative estimate of drug-likeness (QED) is 0.600. The summed E-state index contributed by atoms with van der Waals surface area (Å²) in [6, 6.07) is -0.0162. The molecule has 0 aliphatic rings. The number of Topliss-reactive ketones (excluding diaryl/α,β-unsaturated/α-hetero) is 1. The molecule has 3 nitrogen and oxygen atoms in total. The zero-order valence-electron chi connectivity index (χ0n) is 6.79. The Balaban J connectivity index is 3.71. The summed E-state index contributed by atoms with van der Waals surface area (Å²) in [4.78, 5) is 12.4. The van der Waals surface area contributed by atoms with Gasteiger partial charge in [0.2, 0.25) is 0 Å². The SMILES string of the molecule is CC(=O)CC(CO)N(C)C. The summed E-state index contributed by atoms with van der Waals surface area (Å²) in [5.74, 6) is 0.118. The predicted octanol–water partition coefficient (Wildman–Crippen LogP) is -0.112. The molecule has 0 radical (unpaired) electrons. The molecule has 3 heteroatoms. The number of aliphatic hydroxyl groups excluding tert-OH is 1. The molecule has 60 valence electrons. The van der Waals surface area contributed by atoms with E-state index in [2.05, 4.69) is 0 Å². The maximum atomic E-state index is 10.6. The van der Waals surface area contributed by atoms with Gasteiger partial charge in [-0.3, -0.25) is 4.79 Å². The fourth-order valence-corrected chi connectivity index (χ4v) is 0.742. The second kappa shape index (κ2) is 4.41. The standard InChI is InChI=1S/C7H15NO2/c1-6(10)4-7(5-9)8(2)3/h7,9H,4-5H2,1-3H3. The van der Waals surface area contributed by atoms with E-state index in [4.69, 9.17) is 5.11 Å². The van der Waals surface area contributed by atoms with Crippen molar-refractivity contribution in [2.45, 2.75) is 19.4 Å². The van der Waals surface area contributed by atoms with E-state index in [1.165, 1.54) is 6.92 Å². The fraction of sp³-hybridized carbons (Fsp3) is 0.857. The third-order valence-corrected chi connectivity index (χ3v) is 1.46. The largest absolute Gasteiger partial charge is 0.395 e. The summed E-state index contributed by atoms with van der Waals surface area (Å²) in [5.41, 5.74) is 0. The molecule has 10 heavy (non-hydrogen) atoms. The molecule has 1 unspecified atom stereocenters. The molecular formula is C7H15NO2. The van der Waals surface area contributed by atoms with Crippen LogP contribution in [0.15, 0.2) is 0 Å². The Kier molecular flexibility index (Phi) is 4.23. The van der Waals surface area contributed by atoms with Crippen molar-refractivity contribution in [3.8, 4) is 0 Å². The molecule has 0 amide bonds. The van der Waals surface area contributed by atoms with Crippen LogP contribution in [0, 0.1) is 0 Å². The lowest BCUT2D eigenvalue weighted by Gasteiger charge is -2.20. The van der Waals surface area contributed by atoms with Crippen molar-refractivity contribution in [3.63, 3.8) is 0 Å². The minimum Gasteiger partial charge on any atom is -0.395 e. The highest BCUT2D eigenvalue weighted by Crippen LogP contribution is 1.98. The number of rotatable bonds is 4. The Bertz CT molecular complexity index is 112. The molecule has 0 fully saturated rings. The molecule has 1 atom stereocenters. The van der Waals surface area contributed by atoms with E-state index in [0.29, 0.717) is 6.42 Å².